The lowest BCUT2D eigenvalue weighted by molar-refractivity contribution is -0.137. The van der Waals surface area contributed by atoms with Crippen molar-refractivity contribution in [2.75, 3.05) is 0 Å². The SMILES string of the molecule is [C-]#[N+]c1cc(-c2cc(-n3c4c(C)cccc4c4cccc(C)c43)c(-n3c4c(C)cccc4c4cccc(C)c43)cc2C(F)(F)F)cc(C(F)(F)F)c1. The van der Waals surface area contributed by atoms with Gasteiger partial charge in [0.25, 0.3) is 0 Å². The van der Waals surface area contributed by atoms with E-state index >= 15 is 13.2 Å². The first-order valence-electron chi connectivity index (χ1n) is 16.5. The Kier molecular flexibility index (Phi) is 7.33. The second-order valence-corrected chi connectivity index (χ2v) is 13.3. The standard InChI is InChI=1S/C43H29F6N3/c1-23-10-6-14-30-31-15-7-11-24(2)39(31)51(38(23)30)36-21-34(27-18-28(42(44,45)46)20-29(19-27)50-5)35(43(47,48)49)22-37(36)52-40-25(3)12-8-16-32(40)33-17-9-13-26(4)41(33)52/h6-22H,1-4H3. The van der Waals surface area contributed by atoms with Crippen LogP contribution in [0.15, 0.2) is 103 Å². The number of hydrogen-bond acceptors (Lipinski definition) is 0. The molecule has 3 nitrogen and oxygen atoms in total. The second kappa shape index (κ2) is 11.5. The van der Waals surface area contributed by atoms with Crippen LogP contribution in [0.4, 0.5) is 32.0 Å². The Morgan fingerprint density at radius 1 is 0.500 bits per heavy atom. The first-order valence-corrected chi connectivity index (χ1v) is 16.5. The van der Waals surface area contributed by atoms with E-state index < -0.39 is 34.7 Å². The average Bonchev–Trinajstić information content (AvgIpc) is 3.63. The molecule has 0 N–H and O–H groups in total. The maximum Gasteiger partial charge on any atom is 0.417 e. The summed E-state index contributed by atoms with van der Waals surface area (Å²) in [6, 6.07) is 28.1. The molecule has 0 bridgehead atoms. The minimum absolute atomic E-state index is 0.211. The molecule has 8 aromatic rings. The van der Waals surface area contributed by atoms with Crippen molar-refractivity contribution in [2.24, 2.45) is 0 Å². The number of fused-ring (bicyclic) bond motifs is 6. The van der Waals surface area contributed by atoms with Crippen molar-refractivity contribution in [2.45, 2.75) is 40.0 Å². The molecule has 6 aromatic carbocycles. The predicted molar refractivity (Wildman–Crippen MR) is 196 cm³/mol. The molecule has 0 saturated carbocycles. The van der Waals surface area contributed by atoms with Gasteiger partial charge < -0.3 is 9.13 Å². The van der Waals surface area contributed by atoms with E-state index in [4.69, 9.17) is 6.57 Å². The summed E-state index contributed by atoms with van der Waals surface area (Å²) in [5.74, 6) is 0. The van der Waals surface area contributed by atoms with E-state index in [9.17, 15) is 13.2 Å². The van der Waals surface area contributed by atoms with Gasteiger partial charge in [0.15, 0.2) is 5.69 Å². The number of benzene rings is 6. The summed E-state index contributed by atoms with van der Waals surface area (Å²) in [6.07, 6.45) is -9.87. The number of para-hydroxylation sites is 4. The van der Waals surface area contributed by atoms with Crippen LogP contribution in [-0.2, 0) is 12.4 Å². The Morgan fingerprint density at radius 2 is 0.904 bits per heavy atom. The van der Waals surface area contributed by atoms with E-state index in [0.29, 0.717) is 17.8 Å². The summed E-state index contributed by atoms with van der Waals surface area (Å²) >= 11 is 0. The van der Waals surface area contributed by atoms with E-state index in [2.05, 4.69) is 4.85 Å². The maximum atomic E-state index is 15.5. The maximum absolute atomic E-state index is 15.5. The minimum atomic E-state index is -4.98. The van der Waals surface area contributed by atoms with Crippen LogP contribution in [0.25, 0.3) is 71.0 Å². The molecule has 0 aliphatic heterocycles. The molecule has 0 unspecified atom stereocenters. The quantitative estimate of drug-likeness (QED) is 0.129. The summed E-state index contributed by atoms with van der Waals surface area (Å²) in [6.45, 7) is 15.2. The van der Waals surface area contributed by atoms with Gasteiger partial charge in [-0.2, -0.15) is 26.3 Å². The van der Waals surface area contributed by atoms with Gasteiger partial charge in [-0.25, -0.2) is 4.85 Å². The van der Waals surface area contributed by atoms with Gasteiger partial charge in [0, 0.05) is 27.1 Å². The van der Waals surface area contributed by atoms with Gasteiger partial charge in [0.05, 0.1) is 45.6 Å². The molecule has 8 rings (SSSR count). The average molecular weight is 702 g/mol. The largest absolute Gasteiger partial charge is 0.417 e. The zero-order chi connectivity index (χ0) is 36.9. The first-order chi connectivity index (χ1) is 24.7. The molecular weight excluding hydrogens is 672 g/mol. The third kappa shape index (κ3) is 4.96. The molecule has 0 fully saturated rings. The van der Waals surface area contributed by atoms with E-state index in [1.54, 1.807) is 0 Å². The van der Waals surface area contributed by atoms with Crippen molar-refractivity contribution < 1.29 is 26.3 Å². The van der Waals surface area contributed by atoms with Crippen LogP contribution in [0.1, 0.15) is 33.4 Å². The van der Waals surface area contributed by atoms with Gasteiger partial charge in [0.2, 0.25) is 0 Å². The topological polar surface area (TPSA) is 14.2 Å². The van der Waals surface area contributed by atoms with Crippen LogP contribution >= 0.6 is 0 Å². The fourth-order valence-corrected chi connectivity index (χ4v) is 7.80. The smallest absolute Gasteiger partial charge is 0.307 e. The normalized spacial score (nSPS) is 12.4. The highest BCUT2D eigenvalue weighted by Gasteiger charge is 2.38. The van der Waals surface area contributed by atoms with Crippen molar-refractivity contribution in [1.29, 1.82) is 0 Å². The molecule has 9 heteroatoms. The fraction of sp³-hybridized carbons (Fsp3) is 0.140. The van der Waals surface area contributed by atoms with Gasteiger partial charge in [-0.15, -0.1) is 0 Å². The number of aryl methyl sites for hydroxylation is 4. The number of aromatic nitrogens is 2. The molecule has 0 amide bonds. The second-order valence-electron chi connectivity index (χ2n) is 13.3. The van der Waals surface area contributed by atoms with Crippen molar-refractivity contribution in [3.63, 3.8) is 0 Å². The Morgan fingerprint density at radius 3 is 1.27 bits per heavy atom. The van der Waals surface area contributed by atoms with Gasteiger partial charge in [-0.05, 0) is 91.4 Å². The monoisotopic (exact) mass is 701 g/mol. The molecule has 0 saturated heterocycles. The zero-order valence-electron chi connectivity index (χ0n) is 28.4. The van der Waals surface area contributed by atoms with E-state index in [1.807, 2.05) is 110 Å². The van der Waals surface area contributed by atoms with E-state index in [1.165, 1.54) is 6.07 Å². The van der Waals surface area contributed by atoms with Gasteiger partial charge in [-0.1, -0.05) is 72.8 Å². The Bertz CT molecular complexity index is 2710. The molecule has 0 aliphatic rings. The number of nitrogens with zero attached hydrogens (tertiary/aromatic N) is 3. The molecule has 0 spiro atoms. The lowest BCUT2D eigenvalue weighted by atomic mass is 9.94. The van der Waals surface area contributed by atoms with Crippen LogP contribution in [0.5, 0.6) is 0 Å². The summed E-state index contributed by atoms with van der Waals surface area (Å²) in [4.78, 5) is 3.21. The van der Waals surface area contributed by atoms with Crippen LogP contribution in [0.3, 0.4) is 0 Å². The van der Waals surface area contributed by atoms with Crippen molar-refractivity contribution in [3.05, 3.63) is 148 Å². The van der Waals surface area contributed by atoms with Crippen LogP contribution in [0, 0.1) is 34.3 Å². The molecule has 52 heavy (non-hydrogen) atoms. The summed E-state index contributed by atoms with van der Waals surface area (Å²) in [7, 11) is 0. The van der Waals surface area contributed by atoms with Crippen molar-refractivity contribution in [1.82, 2.24) is 9.13 Å². The highest BCUT2D eigenvalue weighted by Crippen LogP contribution is 2.47. The first kappa shape index (κ1) is 33.2. The Hall–Kier alpha value is -6.01. The van der Waals surface area contributed by atoms with E-state index in [0.717, 1.165) is 78.0 Å². The molecule has 0 radical (unpaired) electrons. The minimum Gasteiger partial charge on any atom is -0.307 e. The van der Waals surface area contributed by atoms with Crippen molar-refractivity contribution >= 4 is 49.3 Å². The van der Waals surface area contributed by atoms with Gasteiger partial charge in [0.1, 0.15) is 0 Å². The highest BCUT2D eigenvalue weighted by atomic mass is 19.4. The predicted octanol–water partition coefficient (Wildman–Crippen LogP) is 13.4. The molecule has 0 atom stereocenters. The lowest BCUT2D eigenvalue weighted by Gasteiger charge is -2.23. The number of halogens is 6. The molecule has 258 valence electrons. The number of hydrogen-bond donors (Lipinski definition) is 0. The van der Waals surface area contributed by atoms with Crippen molar-refractivity contribution in [3.8, 4) is 22.5 Å². The fourth-order valence-electron chi connectivity index (χ4n) is 7.80. The highest BCUT2D eigenvalue weighted by molar-refractivity contribution is 6.13. The summed E-state index contributed by atoms with van der Waals surface area (Å²) in [5.41, 5.74) is 3.37. The third-order valence-electron chi connectivity index (χ3n) is 10.0. The zero-order valence-corrected chi connectivity index (χ0v) is 28.4. The van der Waals surface area contributed by atoms with Crippen LogP contribution < -0.4 is 0 Å². The van der Waals surface area contributed by atoms with Crippen LogP contribution in [0.2, 0.25) is 0 Å². The van der Waals surface area contributed by atoms with Gasteiger partial charge in [-0.3, -0.25) is 0 Å². The van der Waals surface area contributed by atoms with Crippen LogP contribution in [-0.4, -0.2) is 9.13 Å². The molecular formula is C43H29F6N3. The molecule has 2 heterocycles. The lowest BCUT2D eigenvalue weighted by Crippen LogP contribution is -2.13. The molecule has 2 aromatic heterocycles. The Labute approximate surface area is 294 Å². The summed E-state index contributed by atoms with van der Waals surface area (Å²) in [5, 5.41) is 3.48. The van der Waals surface area contributed by atoms with E-state index in [-0.39, 0.29) is 11.3 Å². The third-order valence-corrected chi connectivity index (χ3v) is 10.0. The number of rotatable bonds is 3. The Balaban J connectivity index is 1.65. The van der Waals surface area contributed by atoms with Gasteiger partial charge >= 0.3 is 12.4 Å². The molecule has 0 aliphatic carbocycles. The summed E-state index contributed by atoms with van der Waals surface area (Å²) < 4.78 is 92.7. The number of alkyl halides is 6.